The zero-order valence-corrected chi connectivity index (χ0v) is 13.2. The number of hydrogen-bond donors (Lipinski definition) is 0. The third-order valence-corrected chi connectivity index (χ3v) is 5.25. The fraction of sp³-hybridized carbons (Fsp3) is 0. The predicted molar refractivity (Wildman–Crippen MR) is 74.7 cm³/mol. The first-order valence-corrected chi connectivity index (χ1v) is 7.00. The highest BCUT2D eigenvalue weighted by atomic mass is 79.9. The summed E-state index contributed by atoms with van der Waals surface area (Å²) in [4.78, 5) is 0. The summed E-state index contributed by atoms with van der Waals surface area (Å²) in [7, 11) is 0. The van der Waals surface area contributed by atoms with Crippen LogP contribution in [0.15, 0.2) is 42.2 Å². The Morgan fingerprint density at radius 1 is 0.786 bits per heavy atom. The van der Waals surface area contributed by atoms with Crippen molar-refractivity contribution >= 4 is 74.5 Å². The first-order valence-electron chi connectivity index (χ1n) is 3.83. The summed E-state index contributed by atoms with van der Waals surface area (Å²) in [5, 5.41) is 2.36. The Labute approximate surface area is 116 Å². The van der Waals surface area contributed by atoms with Gasteiger partial charge in [0.2, 0.25) is 0 Å². The Balaban J connectivity index is 3.03. The van der Waals surface area contributed by atoms with E-state index in [2.05, 4.69) is 69.8 Å². The molecule has 0 unspecified atom stereocenters. The van der Waals surface area contributed by atoms with E-state index in [1.54, 1.807) is 0 Å². The van der Waals surface area contributed by atoms with Crippen molar-refractivity contribution in [2.75, 3.05) is 0 Å². The molecule has 2 aromatic carbocycles. The second kappa shape index (κ2) is 4.24. The molecule has 0 aromatic heterocycles. The van der Waals surface area contributed by atoms with Crippen LogP contribution in [0.2, 0.25) is 0 Å². The maximum Gasteiger partial charge on any atom is 0.0408 e. The van der Waals surface area contributed by atoms with Crippen molar-refractivity contribution in [2.24, 2.45) is 0 Å². The van der Waals surface area contributed by atoms with Gasteiger partial charge in [-0.3, -0.25) is 0 Å². The minimum atomic E-state index is 1.05. The van der Waals surface area contributed by atoms with E-state index in [0.29, 0.717) is 0 Å². The molecule has 72 valence electrons. The van der Waals surface area contributed by atoms with Crippen LogP contribution in [0.1, 0.15) is 0 Å². The smallest absolute Gasteiger partial charge is 0.0408 e. The van der Waals surface area contributed by atoms with E-state index in [1.165, 1.54) is 10.8 Å². The van der Waals surface area contributed by atoms with Crippen LogP contribution < -0.4 is 0 Å². The van der Waals surface area contributed by atoms with Crippen LogP contribution in [0.25, 0.3) is 10.8 Å². The molecule has 0 nitrogen and oxygen atoms in total. The molecule has 2 aromatic rings. The van der Waals surface area contributed by atoms with Crippen LogP contribution in [0.5, 0.6) is 0 Å². The Kier molecular flexibility index (Phi) is 3.37. The normalized spacial score (nSPS) is 10.9. The van der Waals surface area contributed by atoms with Gasteiger partial charge in [0, 0.05) is 23.3 Å². The van der Waals surface area contributed by atoms with Gasteiger partial charge in [0.25, 0.3) is 0 Å². The quantitative estimate of drug-likeness (QED) is 0.445. The van der Waals surface area contributed by atoms with Crippen LogP contribution in [-0.2, 0) is 0 Å². The van der Waals surface area contributed by atoms with Crippen molar-refractivity contribution in [2.45, 2.75) is 0 Å². The summed E-state index contributed by atoms with van der Waals surface area (Å²) in [5.74, 6) is 0. The van der Waals surface area contributed by atoms with Gasteiger partial charge in [0.1, 0.15) is 0 Å². The molecule has 0 amide bonds. The fourth-order valence-corrected chi connectivity index (χ4v) is 3.98. The molecule has 0 spiro atoms. The van der Waals surface area contributed by atoms with Gasteiger partial charge in [-0.1, -0.05) is 44.0 Å². The van der Waals surface area contributed by atoms with Gasteiger partial charge < -0.3 is 0 Å². The summed E-state index contributed by atoms with van der Waals surface area (Å²) < 4.78 is 4.29. The highest BCUT2D eigenvalue weighted by Gasteiger charge is 2.09. The lowest BCUT2D eigenvalue weighted by atomic mass is 10.1. The second-order valence-electron chi connectivity index (χ2n) is 2.82. The second-order valence-corrected chi connectivity index (χ2v) is 6.17. The Morgan fingerprint density at radius 2 is 1.50 bits per heavy atom. The van der Waals surface area contributed by atoms with Gasteiger partial charge in [0.15, 0.2) is 0 Å². The minimum Gasteiger partial charge on any atom is -0.0605 e. The number of benzene rings is 2. The molecule has 0 aliphatic rings. The molecule has 0 saturated heterocycles. The molecule has 0 radical (unpaired) electrons. The molecule has 2 rings (SSSR count). The Hall–Kier alpha value is 0.620. The topological polar surface area (TPSA) is 0 Å². The third-order valence-electron chi connectivity index (χ3n) is 1.95. The summed E-state index contributed by atoms with van der Waals surface area (Å²) in [6.45, 7) is 0. The summed E-state index contributed by atoms with van der Waals surface area (Å²) >= 11 is 14.2. The molecular weight excluding hydrogens is 440 g/mol. The molecule has 0 heterocycles. The largest absolute Gasteiger partial charge is 0.0605 e. The van der Waals surface area contributed by atoms with Gasteiger partial charge in [-0.05, 0) is 49.4 Å². The maximum atomic E-state index is 3.57. The van der Waals surface area contributed by atoms with Gasteiger partial charge in [-0.25, -0.2) is 0 Å². The number of rotatable bonds is 0. The zero-order chi connectivity index (χ0) is 10.3. The van der Waals surface area contributed by atoms with Crippen molar-refractivity contribution in [3.05, 3.63) is 42.2 Å². The molecule has 14 heavy (non-hydrogen) atoms. The highest BCUT2D eigenvalue weighted by Crippen LogP contribution is 2.39. The van der Waals surface area contributed by atoms with E-state index in [0.717, 1.165) is 17.9 Å². The van der Waals surface area contributed by atoms with Gasteiger partial charge in [0.05, 0.1) is 0 Å². The predicted octanol–water partition coefficient (Wildman–Crippen LogP) is 5.89. The average molecular weight is 444 g/mol. The summed E-state index contributed by atoms with van der Waals surface area (Å²) in [6, 6.07) is 8.18. The maximum absolute atomic E-state index is 3.57. The average Bonchev–Trinajstić information content (AvgIpc) is 2.14. The monoisotopic (exact) mass is 440 g/mol. The van der Waals surface area contributed by atoms with E-state index < -0.39 is 0 Å². The fourth-order valence-electron chi connectivity index (χ4n) is 1.32. The number of hydrogen-bond acceptors (Lipinski definition) is 0. The van der Waals surface area contributed by atoms with E-state index in [-0.39, 0.29) is 0 Å². The standard InChI is InChI=1S/C10H4Br4/c11-6-3-1-2-5-7(12)4-8(13)10(14)9(5)6/h1-4H. The summed E-state index contributed by atoms with van der Waals surface area (Å²) in [5.41, 5.74) is 0. The Morgan fingerprint density at radius 3 is 2.21 bits per heavy atom. The SMILES string of the molecule is Brc1cc(Br)c2cccc(Br)c2c1Br. The van der Waals surface area contributed by atoms with Crippen molar-refractivity contribution in [3.63, 3.8) is 0 Å². The van der Waals surface area contributed by atoms with E-state index in [4.69, 9.17) is 0 Å². The minimum absolute atomic E-state index is 1.05. The molecule has 0 aliphatic carbocycles. The van der Waals surface area contributed by atoms with Gasteiger partial charge >= 0.3 is 0 Å². The van der Waals surface area contributed by atoms with Gasteiger partial charge in [-0.2, -0.15) is 0 Å². The van der Waals surface area contributed by atoms with Crippen molar-refractivity contribution in [1.82, 2.24) is 0 Å². The molecule has 0 N–H and O–H groups in total. The lowest BCUT2D eigenvalue weighted by Gasteiger charge is -2.07. The van der Waals surface area contributed by atoms with E-state index in [9.17, 15) is 0 Å². The molecule has 0 bridgehead atoms. The lowest BCUT2D eigenvalue weighted by Crippen LogP contribution is -1.80. The first-order chi connectivity index (χ1) is 6.61. The Bertz CT molecular complexity index is 505. The van der Waals surface area contributed by atoms with Gasteiger partial charge in [-0.15, -0.1) is 0 Å². The van der Waals surface area contributed by atoms with Crippen LogP contribution in [0, 0.1) is 0 Å². The van der Waals surface area contributed by atoms with Crippen LogP contribution in [0.3, 0.4) is 0 Å². The molecule has 0 aliphatic heterocycles. The molecular formula is C10H4Br4. The van der Waals surface area contributed by atoms with E-state index >= 15 is 0 Å². The molecule has 0 atom stereocenters. The molecule has 0 saturated carbocycles. The van der Waals surface area contributed by atoms with Crippen molar-refractivity contribution in [1.29, 1.82) is 0 Å². The van der Waals surface area contributed by atoms with Crippen molar-refractivity contribution < 1.29 is 0 Å². The zero-order valence-electron chi connectivity index (χ0n) is 6.82. The highest BCUT2D eigenvalue weighted by molar-refractivity contribution is 9.13. The number of halogens is 4. The summed E-state index contributed by atoms with van der Waals surface area (Å²) in [6.07, 6.45) is 0. The van der Waals surface area contributed by atoms with Crippen LogP contribution in [-0.4, -0.2) is 0 Å². The third kappa shape index (κ3) is 1.82. The van der Waals surface area contributed by atoms with Crippen LogP contribution >= 0.6 is 63.7 Å². The molecule has 4 heteroatoms. The first kappa shape index (κ1) is 11.1. The van der Waals surface area contributed by atoms with E-state index in [1.807, 2.05) is 18.2 Å². The lowest BCUT2D eigenvalue weighted by molar-refractivity contribution is 1.60. The number of fused-ring (bicyclic) bond motifs is 1. The van der Waals surface area contributed by atoms with Crippen LogP contribution in [0.4, 0.5) is 0 Å². The van der Waals surface area contributed by atoms with Crippen molar-refractivity contribution in [3.8, 4) is 0 Å². The molecule has 0 fully saturated rings.